The van der Waals surface area contributed by atoms with Gasteiger partial charge in [-0.15, -0.1) is 11.3 Å². The van der Waals surface area contributed by atoms with Gasteiger partial charge in [0.1, 0.15) is 5.01 Å². The summed E-state index contributed by atoms with van der Waals surface area (Å²) in [6.45, 7) is 5.64. The molecular formula is C14H22N2O2S. The zero-order valence-electron chi connectivity index (χ0n) is 11.6. The Balaban J connectivity index is 1.82. The highest BCUT2D eigenvalue weighted by Gasteiger charge is 2.30. The fourth-order valence-corrected chi connectivity index (χ4v) is 3.66. The number of carboxylic acids is 1. The van der Waals surface area contributed by atoms with Crippen LogP contribution in [-0.2, 0) is 11.3 Å². The number of rotatable bonds is 5. The second kappa shape index (κ2) is 6.48. The molecule has 106 valence electrons. The highest BCUT2D eigenvalue weighted by molar-refractivity contribution is 7.11. The van der Waals surface area contributed by atoms with E-state index in [1.807, 2.05) is 6.92 Å². The molecule has 0 aliphatic heterocycles. The number of nitrogens with one attached hydrogen (secondary N) is 1. The van der Waals surface area contributed by atoms with Crippen LogP contribution in [0.15, 0.2) is 0 Å². The Morgan fingerprint density at radius 1 is 1.42 bits per heavy atom. The number of aliphatic carboxylic acids is 1. The molecule has 4 nitrogen and oxygen atoms in total. The quantitative estimate of drug-likeness (QED) is 0.871. The van der Waals surface area contributed by atoms with Crippen LogP contribution in [0.25, 0.3) is 0 Å². The molecule has 2 N–H and O–H groups in total. The maximum Gasteiger partial charge on any atom is 0.306 e. The highest BCUT2D eigenvalue weighted by atomic mass is 32.1. The third kappa shape index (κ3) is 3.76. The Morgan fingerprint density at radius 2 is 2.16 bits per heavy atom. The van der Waals surface area contributed by atoms with E-state index in [9.17, 15) is 9.90 Å². The van der Waals surface area contributed by atoms with Crippen molar-refractivity contribution in [2.24, 2.45) is 11.8 Å². The van der Waals surface area contributed by atoms with E-state index in [-0.39, 0.29) is 11.8 Å². The lowest BCUT2D eigenvalue weighted by Crippen LogP contribution is -2.34. The van der Waals surface area contributed by atoms with Crippen LogP contribution in [0.5, 0.6) is 0 Å². The molecule has 1 aliphatic rings. The number of aryl methyl sites for hydroxylation is 2. The van der Waals surface area contributed by atoms with E-state index in [1.165, 1.54) is 4.88 Å². The van der Waals surface area contributed by atoms with Crippen molar-refractivity contribution in [1.29, 1.82) is 0 Å². The van der Waals surface area contributed by atoms with Gasteiger partial charge in [-0.1, -0.05) is 12.8 Å². The molecule has 2 rings (SSSR count). The number of hydrogen-bond acceptors (Lipinski definition) is 4. The van der Waals surface area contributed by atoms with Gasteiger partial charge in [-0.2, -0.15) is 0 Å². The predicted octanol–water partition coefficient (Wildman–Crippen LogP) is 2.74. The first kappa shape index (κ1) is 14.5. The molecule has 0 spiro atoms. The van der Waals surface area contributed by atoms with Gasteiger partial charge >= 0.3 is 5.97 Å². The van der Waals surface area contributed by atoms with Crippen LogP contribution in [0.4, 0.5) is 0 Å². The Morgan fingerprint density at radius 3 is 2.79 bits per heavy atom. The molecular weight excluding hydrogens is 260 g/mol. The molecule has 19 heavy (non-hydrogen) atoms. The zero-order valence-corrected chi connectivity index (χ0v) is 12.4. The smallest absolute Gasteiger partial charge is 0.306 e. The summed E-state index contributed by atoms with van der Waals surface area (Å²) in [7, 11) is 0. The van der Waals surface area contributed by atoms with Crippen molar-refractivity contribution < 1.29 is 9.90 Å². The molecule has 0 saturated heterocycles. The lowest BCUT2D eigenvalue weighted by molar-refractivity contribution is -0.144. The number of carboxylic acid groups (broad SMARTS) is 1. The van der Waals surface area contributed by atoms with Crippen LogP contribution in [-0.4, -0.2) is 22.6 Å². The van der Waals surface area contributed by atoms with Crippen molar-refractivity contribution in [2.75, 3.05) is 6.54 Å². The average Bonchev–Trinajstić information content (AvgIpc) is 2.69. The van der Waals surface area contributed by atoms with Crippen molar-refractivity contribution >= 4 is 17.3 Å². The molecule has 1 aromatic heterocycles. The first-order chi connectivity index (χ1) is 9.08. The Hall–Kier alpha value is -0.940. The number of thiazole rings is 1. The molecule has 1 heterocycles. The Labute approximate surface area is 118 Å². The van der Waals surface area contributed by atoms with Crippen LogP contribution < -0.4 is 5.32 Å². The van der Waals surface area contributed by atoms with Crippen molar-refractivity contribution in [2.45, 2.75) is 46.1 Å². The predicted molar refractivity (Wildman–Crippen MR) is 76.4 cm³/mol. The average molecular weight is 282 g/mol. The summed E-state index contributed by atoms with van der Waals surface area (Å²) in [4.78, 5) is 17.0. The van der Waals surface area contributed by atoms with Gasteiger partial charge in [-0.3, -0.25) is 4.79 Å². The molecule has 1 aliphatic carbocycles. The molecule has 0 aromatic carbocycles. The molecule has 0 radical (unpaired) electrons. The largest absolute Gasteiger partial charge is 0.481 e. The summed E-state index contributed by atoms with van der Waals surface area (Å²) in [5, 5.41) is 13.7. The molecule has 0 bridgehead atoms. The van der Waals surface area contributed by atoms with Crippen molar-refractivity contribution in [3.8, 4) is 0 Å². The maximum atomic E-state index is 11.2. The van der Waals surface area contributed by atoms with E-state index in [0.717, 1.165) is 49.5 Å². The molecule has 1 saturated carbocycles. The van der Waals surface area contributed by atoms with Crippen LogP contribution in [0.3, 0.4) is 0 Å². The third-order valence-electron chi connectivity index (χ3n) is 3.98. The number of carbonyl (C=O) groups is 1. The van der Waals surface area contributed by atoms with Gasteiger partial charge in [-0.25, -0.2) is 4.98 Å². The molecule has 1 aromatic rings. The van der Waals surface area contributed by atoms with E-state index in [0.29, 0.717) is 0 Å². The SMILES string of the molecule is Cc1nc(CNCC2CCCCC2C(=O)O)sc1C. The minimum absolute atomic E-state index is 0.166. The van der Waals surface area contributed by atoms with Gasteiger partial charge in [0.15, 0.2) is 0 Å². The normalized spacial score (nSPS) is 23.5. The first-order valence-electron chi connectivity index (χ1n) is 6.94. The third-order valence-corrected chi connectivity index (χ3v) is 5.05. The van der Waals surface area contributed by atoms with Crippen LogP contribution in [0, 0.1) is 25.7 Å². The maximum absolute atomic E-state index is 11.2. The first-order valence-corrected chi connectivity index (χ1v) is 7.76. The topological polar surface area (TPSA) is 62.2 Å². The fourth-order valence-electron chi connectivity index (χ4n) is 2.76. The summed E-state index contributed by atoms with van der Waals surface area (Å²) in [6, 6.07) is 0. The van der Waals surface area contributed by atoms with Crippen LogP contribution in [0.2, 0.25) is 0 Å². The van der Waals surface area contributed by atoms with Gasteiger partial charge in [0, 0.05) is 11.4 Å². The van der Waals surface area contributed by atoms with Gasteiger partial charge in [0.05, 0.1) is 11.6 Å². The van der Waals surface area contributed by atoms with E-state index >= 15 is 0 Å². The fraction of sp³-hybridized carbons (Fsp3) is 0.714. The monoisotopic (exact) mass is 282 g/mol. The lowest BCUT2D eigenvalue weighted by Gasteiger charge is -2.28. The van der Waals surface area contributed by atoms with Gasteiger partial charge in [-0.05, 0) is 39.2 Å². The molecule has 2 atom stereocenters. The van der Waals surface area contributed by atoms with E-state index < -0.39 is 5.97 Å². The lowest BCUT2D eigenvalue weighted by atomic mass is 9.79. The standard InChI is InChI=1S/C14H22N2O2S/c1-9-10(2)19-13(16-9)8-15-7-11-5-3-4-6-12(11)14(17)18/h11-12,15H,3-8H2,1-2H3,(H,17,18). The van der Waals surface area contributed by atoms with Crippen molar-refractivity contribution in [3.63, 3.8) is 0 Å². The number of nitrogens with zero attached hydrogens (tertiary/aromatic N) is 1. The Kier molecular flexibility index (Phi) is 4.93. The summed E-state index contributed by atoms with van der Waals surface area (Å²) < 4.78 is 0. The zero-order chi connectivity index (χ0) is 13.8. The number of aromatic nitrogens is 1. The molecule has 5 heteroatoms. The highest BCUT2D eigenvalue weighted by Crippen LogP contribution is 2.29. The Bertz CT molecular complexity index is 425. The number of hydrogen-bond donors (Lipinski definition) is 2. The molecule has 0 amide bonds. The van der Waals surface area contributed by atoms with Crippen LogP contribution in [0.1, 0.15) is 41.3 Å². The second-order valence-electron chi connectivity index (χ2n) is 5.37. The minimum atomic E-state index is -0.632. The van der Waals surface area contributed by atoms with Gasteiger partial charge in [0.2, 0.25) is 0 Å². The van der Waals surface area contributed by atoms with Gasteiger partial charge < -0.3 is 10.4 Å². The summed E-state index contributed by atoms with van der Waals surface area (Å²) in [6.07, 6.45) is 4.07. The summed E-state index contributed by atoms with van der Waals surface area (Å²) in [5.74, 6) is -0.526. The molecule has 1 fully saturated rings. The van der Waals surface area contributed by atoms with E-state index in [1.54, 1.807) is 11.3 Å². The van der Waals surface area contributed by atoms with E-state index in [2.05, 4.69) is 17.2 Å². The van der Waals surface area contributed by atoms with Crippen LogP contribution >= 0.6 is 11.3 Å². The van der Waals surface area contributed by atoms with Crippen molar-refractivity contribution in [3.05, 3.63) is 15.6 Å². The second-order valence-corrected chi connectivity index (χ2v) is 6.66. The molecule has 2 unspecified atom stereocenters. The summed E-state index contributed by atoms with van der Waals surface area (Å²) >= 11 is 1.72. The minimum Gasteiger partial charge on any atom is -0.481 e. The van der Waals surface area contributed by atoms with Crippen molar-refractivity contribution in [1.82, 2.24) is 10.3 Å². The van der Waals surface area contributed by atoms with E-state index in [4.69, 9.17) is 0 Å². The summed E-state index contributed by atoms with van der Waals surface area (Å²) in [5.41, 5.74) is 1.10. The van der Waals surface area contributed by atoms with Gasteiger partial charge in [0.25, 0.3) is 0 Å².